The van der Waals surface area contributed by atoms with E-state index in [1.54, 1.807) is 4.90 Å². The monoisotopic (exact) mass is 239 g/mol. The highest BCUT2D eigenvalue weighted by Gasteiger charge is 2.17. The number of urea groups is 1. The lowest BCUT2D eigenvalue weighted by Crippen LogP contribution is -2.32. The van der Waals surface area contributed by atoms with Crippen LogP contribution in [-0.2, 0) is 4.79 Å². The molecule has 1 saturated heterocycles. The van der Waals surface area contributed by atoms with Crippen LogP contribution in [0.2, 0.25) is 0 Å². The predicted molar refractivity (Wildman–Crippen MR) is 66.6 cm³/mol. The van der Waals surface area contributed by atoms with Gasteiger partial charge in [0.05, 0.1) is 0 Å². The third-order valence-electron chi connectivity index (χ3n) is 2.58. The Morgan fingerprint density at radius 1 is 1.53 bits per heavy atom. The van der Waals surface area contributed by atoms with Crippen molar-refractivity contribution in [2.75, 3.05) is 26.2 Å². The van der Waals surface area contributed by atoms with E-state index < -0.39 is 0 Å². The van der Waals surface area contributed by atoms with Gasteiger partial charge in [-0.1, -0.05) is 19.1 Å². The Labute approximate surface area is 102 Å². The second-order valence-electron chi connectivity index (χ2n) is 4.01. The molecule has 1 aliphatic rings. The molecule has 17 heavy (non-hydrogen) atoms. The van der Waals surface area contributed by atoms with E-state index >= 15 is 0 Å². The highest BCUT2D eigenvalue weighted by atomic mass is 16.2. The van der Waals surface area contributed by atoms with Crippen LogP contribution >= 0.6 is 0 Å². The number of nitrogens with one attached hydrogen (secondary N) is 2. The minimum absolute atomic E-state index is 0.00204. The van der Waals surface area contributed by atoms with E-state index in [9.17, 15) is 9.59 Å². The van der Waals surface area contributed by atoms with Crippen molar-refractivity contribution in [3.63, 3.8) is 0 Å². The summed E-state index contributed by atoms with van der Waals surface area (Å²) in [5.74, 6) is 0.0422. The van der Waals surface area contributed by atoms with E-state index in [1.165, 1.54) is 0 Å². The minimum atomic E-state index is 0.00204. The quantitative estimate of drug-likeness (QED) is 0.511. The second-order valence-corrected chi connectivity index (χ2v) is 4.01. The molecule has 1 fully saturated rings. The Hall–Kier alpha value is -1.52. The van der Waals surface area contributed by atoms with Gasteiger partial charge in [-0.25, -0.2) is 4.79 Å². The van der Waals surface area contributed by atoms with Crippen LogP contribution in [-0.4, -0.2) is 43.0 Å². The molecule has 0 aromatic rings. The average Bonchev–Trinajstić information content (AvgIpc) is 2.71. The van der Waals surface area contributed by atoms with Crippen molar-refractivity contribution < 1.29 is 9.59 Å². The summed E-state index contributed by atoms with van der Waals surface area (Å²) in [4.78, 5) is 24.3. The Morgan fingerprint density at radius 2 is 2.35 bits per heavy atom. The molecule has 96 valence electrons. The summed E-state index contributed by atoms with van der Waals surface area (Å²) in [6, 6.07) is 0.00204. The van der Waals surface area contributed by atoms with Crippen LogP contribution in [0.4, 0.5) is 4.79 Å². The van der Waals surface area contributed by atoms with E-state index in [1.807, 2.05) is 19.1 Å². The summed E-state index contributed by atoms with van der Waals surface area (Å²) in [5, 5.41) is 5.58. The number of carbonyl (C=O) groups excluding carboxylic acids is 2. The van der Waals surface area contributed by atoms with E-state index in [0.29, 0.717) is 19.5 Å². The van der Waals surface area contributed by atoms with Gasteiger partial charge in [-0.05, 0) is 12.8 Å². The first-order valence-electron chi connectivity index (χ1n) is 6.18. The zero-order chi connectivity index (χ0) is 12.5. The highest BCUT2D eigenvalue weighted by molar-refractivity contribution is 5.77. The van der Waals surface area contributed by atoms with Crippen molar-refractivity contribution in [1.82, 2.24) is 15.5 Å². The lowest BCUT2D eigenvalue weighted by Gasteiger charge is -2.13. The largest absolute Gasteiger partial charge is 0.356 e. The van der Waals surface area contributed by atoms with Crippen molar-refractivity contribution in [2.45, 2.75) is 26.2 Å². The molecule has 1 aliphatic heterocycles. The number of nitrogens with zero attached hydrogens (tertiary/aromatic N) is 1. The normalized spacial score (nSPS) is 15.4. The van der Waals surface area contributed by atoms with Crippen LogP contribution in [0.1, 0.15) is 26.2 Å². The molecule has 3 amide bonds. The molecule has 0 bridgehead atoms. The van der Waals surface area contributed by atoms with Gasteiger partial charge < -0.3 is 15.5 Å². The summed E-state index contributed by atoms with van der Waals surface area (Å²) in [7, 11) is 0. The number of rotatable bonds is 7. The number of carbonyl (C=O) groups is 2. The zero-order valence-electron chi connectivity index (χ0n) is 10.4. The van der Waals surface area contributed by atoms with Crippen molar-refractivity contribution in [1.29, 1.82) is 0 Å². The maximum absolute atomic E-state index is 11.3. The third kappa shape index (κ3) is 5.38. The predicted octanol–water partition coefficient (Wildman–Crippen LogP) is 0.874. The number of amides is 3. The van der Waals surface area contributed by atoms with Crippen molar-refractivity contribution in [3.8, 4) is 0 Å². The first kappa shape index (κ1) is 13.5. The van der Waals surface area contributed by atoms with E-state index in [2.05, 4.69) is 10.6 Å². The van der Waals surface area contributed by atoms with Gasteiger partial charge in [0.1, 0.15) is 0 Å². The average molecular weight is 239 g/mol. The van der Waals surface area contributed by atoms with Crippen LogP contribution in [0, 0.1) is 0 Å². The van der Waals surface area contributed by atoms with Gasteiger partial charge in [-0.2, -0.15) is 0 Å². The lowest BCUT2D eigenvalue weighted by molar-refractivity contribution is -0.120. The molecule has 0 radical (unpaired) electrons. The fraction of sp³-hybridized carbons (Fsp3) is 0.667. The van der Waals surface area contributed by atoms with Crippen LogP contribution in [0.25, 0.3) is 0 Å². The van der Waals surface area contributed by atoms with Gasteiger partial charge in [0.25, 0.3) is 0 Å². The molecule has 5 heteroatoms. The molecule has 0 saturated carbocycles. The third-order valence-corrected chi connectivity index (χ3v) is 2.58. The molecule has 5 nitrogen and oxygen atoms in total. The van der Waals surface area contributed by atoms with Crippen molar-refractivity contribution >= 4 is 11.9 Å². The second kappa shape index (κ2) is 7.70. The summed E-state index contributed by atoms with van der Waals surface area (Å²) >= 11 is 0. The summed E-state index contributed by atoms with van der Waals surface area (Å²) in [6.07, 6.45) is 6.06. The molecule has 2 N–H and O–H groups in total. The highest BCUT2D eigenvalue weighted by Crippen LogP contribution is 1.97. The fourth-order valence-electron chi connectivity index (χ4n) is 1.65. The first-order valence-corrected chi connectivity index (χ1v) is 6.18. The first-order chi connectivity index (χ1) is 8.24. The van der Waals surface area contributed by atoms with Gasteiger partial charge in [0, 0.05) is 32.6 Å². The van der Waals surface area contributed by atoms with Gasteiger partial charge >= 0.3 is 6.03 Å². The maximum atomic E-state index is 11.3. The SMILES string of the molecule is CCC=CCC(=O)NCCCN1CCNC1=O. The molecule has 0 atom stereocenters. The molecule has 1 heterocycles. The van der Waals surface area contributed by atoms with Gasteiger partial charge in [0.2, 0.25) is 5.91 Å². The van der Waals surface area contributed by atoms with Gasteiger partial charge in [-0.3, -0.25) is 4.79 Å². The summed E-state index contributed by atoms with van der Waals surface area (Å²) in [6.45, 7) is 4.87. The number of hydrogen-bond donors (Lipinski definition) is 2. The molecular weight excluding hydrogens is 218 g/mol. The molecule has 0 spiro atoms. The van der Waals surface area contributed by atoms with E-state index in [4.69, 9.17) is 0 Å². The van der Waals surface area contributed by atoms with Gasteiger partial charge in [0.15, 0.2) is 0 Å². The standard InChI is InChI=1S/C12H21N3O2/c1-2-3-4-6-11(16)13-7-5-9-15-10-8-14-12(15)17/h3-4H,2,5-10H2,1H3,(H,13,16)(H,14,17). The zero-order valence-corrected chi connectivity index (χ0v) is 10.4. The Bertz CT molecular complexity index is 289. The molecule has 0 aromatic heterocycles. The Kier molecular flexibility index (Phi) is 6.14. The van der Waals surface area contributed by atoms with Crippen LogP contribution < -0.4 is 10.6 Å². The Balaban J connectivity index is 2.01. The number of allylic oxidation sites excluding steroid dienone is 1. The van der Waals surface area contributed by atoms with Crippen molar-refractivity contribution in [3.05, 3.63) is 12.2 Å². The molecular formula is C12H21N3O2. The topological polar surface area (TPSA) is 61.4 Å². The van der Waals surface area contributed by atoms with Crippen LogP contribution in [0.3, 0.4) is 0 Å². The Morgan fingerprint density at radius 3 is 3.00 bits per heavy atom. The molecule has 0 unspecified atom stereocenters. The summed E-state index contributed by atoms with van der Waals surface area (Å²) < 4.78 is 0. The molecule has 1 rings (SSSR count). The minimum Gasteiger partial charge on any atom is -0.356 e. The summed E-state index contributed by atoms with van der Waals surface area (Å²) in [5.41, 5.74) is 0. The fourth-order valence-corrected chi connectivity index (χ4v) is 1.65. The van der Waals surface area contributed by atoms with Crippen LogP contribution in [0.5, 0.6) is 0 Å². The lowest BCUT2D eigenvalue weighted by atomic mass is 10.3. The van der Waals surface area contributed by atoms with E-state index in [-0.39, 0.29) is 11.9 Å². The molecule has 0 aliphatic carbocycles. The van der Waals surface area contributed by atoms with E-state index in [0.717, 1.165) is 25.9 Å². The number of hydrogen-bond acceptors (Lipinski definition) is 2. The maximum Gasteiger partial charge on any atom is 0.317 e. The van der Waals surface area contributed by atoms with Crippen LogP contribution in [0.15, 0.2) is 12.2 Å². The van der Waals surface area contributed by atoms with Gasteiger partial charge in [-0.15, -0.1) is 0 Å². The van der Waals surface area contributed by atoms with Crippen molar-refractivity contribution in [2.24, 2.45) is 0 Å². The molecule has 0 aromatic carbocycles. The smallest absolute Gasteiger partial charge is 0.317 e.